The molecule has 0 aliphatic heterocycles. The number of carbonyl (C=O) groups is 1. The number of benzene rings is 1. The topological polar surface area (TPSA) is 144 Å². The Kier molecular flexibility index (Phi) is 7.97. The minimum atomic E-state index is -5.02. The molecule has 1 rings (SSSR count). The van der Waals surface area contributed by atoms with Gasteiger partial charge < -0.3 is 24.9 Å². The molecule has 1 aromatic carbocycles. The fraction of sp³-hybridized carbons (Fsp3) is 0.300. The summed E-state index contributed by atoms with van der Waals surface area (Å²) in [7, 11) is -10.0. The number of anilines is 1. The van der Waals surface area contributed by atoms with Gasteiger partial charge in [-0.15, -0.1) is 0 Å². The second-order valence-electron chi connectivity index (χ2n) is 4.55. The lowest BCUT2D eigenvalue weighted by Crippen LogP contribution is -2.16. The number of halogens is 3. The van der Waals surface area contributed by atoms with E-state index < -0.39 is 27.0 Å². The van der Waals surface area contributed by atoms with E-state index in [0.29, 0.717) is 22.0 Å². The quantitative estimate of drug-likeness (QED) is 0.235. The minimum absolute atomic E-state index is 0.325. The Morgan fingerprint density at radius 2 is 1.61 bits per heavy atom. The molecule has 0 saturated carbocycles. The number of amides is 1. The second-order valence-corrected chi connectivity index (χ2v) is 12.0. The number of nitrogens with one attached hydrogen (secondary N) is 1. The first kappa shape index (κ1) is 22.2. The molecule has 1 aromatic rings. The third kappa shape index (κ3) is 6.13. The van der Waals surface area contributed by atoms with Crippen molar-refractivity contribution < 1.29 is 33.5 Å². The monoisotopic (exact) mass is 701 g/mol. The van der Waals surface area contributed by atoms with E-state index in [-0.39, 0.29) is 5.91 Å². The first-order valence-electron chi connectivity index (χ1n) is 5.79. The first-order chi connectivity index (χ1) is 10.2. The molecular weight excluding hydrogens is 689 g/mol. The molecular formula is C10H12I3NO7P2. The van der Waals surface area contributed by atoms with E-state index in [0.717, 1.165) is 0 Å². The Hall–Kier alpha value is 1.18. The van der Waals surface area contributed by atoms with Crippen LogP contribution in [0, 0.1) is 10.7 Å². The average molecular weight is 701 g/mol. The zero-order valence-corrected chi connectivity index (χ0v) is 19.7. The Bertz CT molecular complexity index is 708. The van der Waals surface area contributed by atoms with Crippen molar-refractivity contribution in [3.8, 4) is 0 Å². The van der Waals surface area contributed by atoms with Crippen molar-refractivity contribution in [3.63, 3.8) is 0 Å². The maximum Gasteiger partial charge on any atom is 0.341 e. The van der Waals surface area contributed by atoms with E-state index in [1.807, 2.05) is 67.8 Å². The summed E-state index contributed by atoms with van der Waals surface area (Å²) in [5.41, 5.74) is 0.816. The van der Waals surface area contributed by atoms with Crippen LogP contribution in [0.2, 0.25) is 0 Å². The summed E-state index contributed by atoms with van der Waals surface area (Å²) in [6.07, 6.45) is -0.505. The van der Waals surface area contributed by atoms with Crippen molar-refractivity contribution in [1.82, 2.24) is 0 Å². The molecule has 130 valence electrons. The van der Waals surface area contributed by atoms with Crippen molar-refractivity contribution in [1.29, 1.82) is 0 Å². The summed E-state index contributed by atoms with van der Waals surface area (Å²) in [6, 6.07) is 1.67. The van der Waals surface area contributed by atoms with Gasteiger partial charge in [-0.2, -0.15) is 0 Å². The lowest BCUT2D eigenvalue weighted by atomic mass is 10.1. The Labute approximate surface area is 172 Å². The molecule has 0 unspecified atom stereocenters. The number of rotatable bonds is 5. The van der Waals surface area contributed by atoms with Gasteiger partial charge in [-0.05, 0) is 79.4 Å². The second kappa shape index (κ2) is 8.25. The highest BCUT2D eigenvalue weighted by Gasteiger charge is 2.44. The van der Waals surface area contributed by atoms with Gasteiger partial charge in [0.15, 0.2) is 5.40 Å². The summed E-state index contributed by atoms with van der Waals surface area (Å²) in [4.78, 5) is 48.4. The van der Waals surface area contributed by atoms with E-state index in [9.17, 15) is 33.5 Å². The molecule has 0 aromatic heterocycles. The van der Waals surface area contributed by atoms with Crippen molar-refractivity contribution in [2.45, 2.75) is 18.7 Å². The maximum atomic E-state index is 11.5. The fourth-order valence-electron chi connectivity index (χ4n) is 1.73. The van der Waals surface area contributed by atoms with Crippen molar-refractivity contribution >= 4 is 94.6 Å². The first-order valence-corrected chi connectivity index (χ1v) is 12.4. The lowest BCUT2D eigenvalue weighted by molar-refractivity contribution is -0.114. The van der Waals surface area contributed by atoms with Crippen LogP contribution in [0.3, 0.4) is 0 Å². The molecule has 5 N–H and O–H groups in total. The Morgan fingerprint density at radius 1 is 1.13 bits per heavy atom. The van der Waals surface area contributed by atoms with E-state index in [1.54, 1.807) is 6.07 Å². The molecule has 0 spiro atoms. The molecule has 0 radical (unpaired) electrons. The fourth-order valence-corrected chi connectivity index (χ4v) is 8.21. The van der Waals surface area contributed by atoms with Crippen LogP contribution >= 0.6 is 83.0 Å². The van der Waals surface area contributed by atoms with Crippen LogP contribution in [0.1, 0.15) is 12.5 Å². The normalized spacial score (nSPS) is 12.6. The van der Waals surface area contributed by atoms with Crippen LogP contribution in [0.4, 0.5) is 5.69 Å². The smallest absolute Gasteiger partial charge is 0.324 e. The van der Waals surface area contributed by atoms with E-state index >= 15 is 0 Å². The van der Waals surface area contributed by atoms with Crippen LogP contribution in [0.15, 0.2) is 6.07 Å². The molecule has 0 atom stereocenters. The van der Waals surface area contributed by atoms with Gasteiger partial charge in [0.05, 0.1) is 5.69 Å². The lowest BCUT2D eigenvalue weighted by Gasteiger charge is -2.22. The highest BCUT2D eigenvalue weighted by molar-refractivity contribution is 14.1. The molecule has 13 heteroatoms. The van der Waals surface area contributed by atoms with Crippen molar-refractivity contribution in [2.24, 2.45) is 0 Å². The van der Waals surface area contributed by atoms with Gasteiger partial charge in [-0.1, -0.05) is 0 Å². The van der Waals surface area contributed by atoms with E-state index in [2.05, 4.69) is 5.32 Å². The van der Waals surface area contributed by atoms with Gasteiger partial charge in [0, 0.05) is 24.1 Å². The summed E-state index contributed by atoms with van der Waals surface area (Å²) in [5.74, 6) is -0.325. The van der Waals surface area contributed by atoms with E-state index in [4.69, 9.17) is 0 Å². The van der Waals surface area contributed by atoms with Gasteiger partial charge in [0.25, 0.3) is 0 Å². The molecule has 0 saturated heterocycles. The highest BCUT2D eigenvalue weighted by atomic mass is 127. The summed E-state index contributed by atoms with van der Waals surface area (Å²) < 4.78 is 24.7. The van der Waals surface area contributed by atoms with Gasteiger partial charge >= 0.3 is 15.2 Å². The average Bonchev–Trinajstić information content (AvgIpc) is 2.30. The summed E-state index contributed by atoms with van der Waals surface area (Å²) in [6.45, 7) is 1.32. The SMILES string of the molecule is CC(=O)Nc1c(I)cc(I)c(CC(P(=O)(O)O)P(=O)(O)O)c1I. The molecule has 0 bridgehead atoms. The zero-order valence-electron chi connectivity index (χ0n) is 11.4. The van der Waals surface area contributed by atoms with Gasteiger partial charge in [-0.3, -0.25) is 13.9 Å². The predicted molar refractivity (Wildman–Crippen MR) is 110 cm³/mol. The predicted octanol–water partition coefficient (Wildman–Crippen LogP) is 2.68. The summed E-state index contributed by atoms with van der Waals surface area (Å²) >= 11 is 5.80. The van der Waals surface area contributed by atoms with Gasteiger partial charge in [0.1, 0.15) is 0 Å². The molecule has 23 heavy (non-hydrogen) atoms. The molecule has 0 aliphatic rings. The molecule has 0 aliphatic carbocycles. The molecule has 0 fully saturated rings. The van der Waals surface area contributed by atoms with Crippen LogP contribution in [0.5, 0.6) is 0 Å². The molecule has 1 amide bonds. The molecule has 8 nitrogen and oxygen atoms in total. The van der Waals surface area contributed by atoms with Crippen LogP contribution < -0.4 is 5.32 Å². The standard InChI is InChI=1S/C10H12I3NO7P2/c1-4(15)14-10-7(12)3-6(11)5(9(10)13)2-8(22(16,17)18)23(19,20)21/h3,8H,2H2,1H3,(H,14,15)(H2,16,17,18)(H2,19,20,21). The van der Waals surface area contributed by atoms with Crippen LogP contribution in [-0.4, -0.2) is 30.9 Å². The molecule has 0 heterocycles. The third-order valence-electron chi connectivity index (χ3n) is 2.73. The maximum absolute atomic E-state index is 11.5. The number of carbonyl (C=O) groups excluding carboxylic acids is 1. The van der Waals surface area contributed by atoms with Crippen LogP contribution in [0.25, 0.3) is 0 Å². The zero-order chi connectivity index (χ0) is 18.2. The summed E-state index contributed by atoms with van der Waals surface area (Å²) in [5, 5.41) is 0.491. The van der Waals surface area contributed by atoms with E-state index in [1.165, 1.54) is 6.92 Å². The van der Waals surface area contributed by atoms with Crippen molar-refractivity contribution in [3.05, 3.63) is 22.3 Å². The van der Waals surface area contributed by atoms with Gasteiger partial charge in [0.2, 0.25) is 5.91 Å². The number of hydrogen-bond acceptors (Lipinski definition) is 3. The Morgan fingerprint density at radius 3 is 2.00 bits per heavy atom. The van der Waals surface area contributed by atoms with Gasteiger partial charge in [-0.25, -0.2) is 0 Å². The number of hydrogen-bond donors (Lipinski definition) is 5. The largest absolute Gasteiger partial charge is 0.341 e. The Balaban J connectivity index is 3.45. The van der Waals surface area contributed by atoms with Crippen LogP contribution in [-0.2, 0) is 20.3 Å². The third-order valence-corrected chi connectivity index (χ3v) is 9.46. The van der Waals surface area contributed by atoms with Crippen molar-refractivity contribution in [2.75, 3.05) is 5.32 Å². The minimum Gasteiger partial charge on any atom is -0.324 e. The highest BCUT2D eigenvalue weighted by Crippen LogP contribution is 2.61.